The number of hydrogen-bond acceptors (Lipinski definition) is 0. The molecule has 0 amide bonds. The lowest BCUT2D eigenvalue weighted by Crippen LogP contribution is -1.73. The third kappa shape index (κ3) is 22.4. The lowest BCUT2D eigenvalue weighted by Gasteiger charge is -1.89. The van der Waals surface area contributed by atoms with Gasteiger partial charge in [-0.25, -0.2) is 0 Å². The Hall–Kier alpha value is 0.960. The second-order valence-electron chi connectivity index (χ2n) is 2.79. The van der Waals surface area contributed by atoms with Gasteiger partial charge < -0.3 is 0 Å². The van der Waals surface area contributed by atoms with E-state index in [-0.39, 0.29) is 0 Å². The quantitative estimate of drug-likeness (QED) is 0.470. The summed E-state index contributed by atoms with van der Waals surface area (Å²) >= 11 is 6.69. The molecule has 0 N–H and O–H groups in total. The molecule has 0 heterocycles. The first-order valence-corrected chi connectivity index (χ1v) is 7.19. The highest BCUT2D eigenvalue weighted by atomic mass is 79.9. The maximum absolute atomic E-state index is 3.38. The first-order valence-electron chi connectivity index (χ1n) is 4.95. The SMILES string of the molecule is CCCCBr.CCCCCCBr. The third-order valence-corrected chi connectivity index (χ3v) is 2.60. The minimum atomic E-state index is 1.16. The Morgan fingerprint density at radius 2 is 1.17 bits per heavy atom. The number of alkyl halides is 2. The van der Waals surface area contributed by atoms with Crippen LogP contribution in [0.25, 0.3) is 0 Å². The summed E-state index contributed by atoms with van der Waals surface area (Å²) in [4.78, 5) is 0. The normalized spacial score (nSPS) is 9.00. The summed E-state index contributed by atoms with van der Waals surface area (Å²) in [6, 6.07) is 0. The zero-order chi connectivity index (χ0) is 9.66. The van der Waals surface area contributed by atoms with Crippen LogP contribution in [0.3, 0.4) is 0 Å². The molecule has 0 nitrogen and oxygen atoms in total. The van der Waals surface area contributed by atoms with Crippen molar-refractivity contribution in [1.29, 1.82) is 0 Å². The fourth-order valence-electron chi connectivity index (χ4n) is 0.655. The number of hydrogen-bond donors (Lipinski definition) is 0. The molecule has 0 aliphatic heterocycles. The Morgan fingerprint density at radius 1 is 0.667 bits per heavy atom. The predicted octanol–water partition coefficient (Wildman–Crippen LogP) is 5.14. The van der Waals surface area contributed by atoms with E-state index in [1.165, 1.54) is 43.9 Å². The summed E-state index contributed by atoms with van der Waals surface area (Å²) in [7, 11) is 0. The summed E-state index contributed by atoms with van der Waals surface area (Å²) in [5, 5.41) is 2.33. The fourth-order valence-corrected chi connectivity index (χ4v) is 1.61. The van der Waals surface area contributed by atoms with Crippen LogP contribution in [0.2, 0.25) is 0 Å². The van der Waals surface area contributed by atoms with Crippen molar-refractivity contribution in [2.45, 2.75) is 52.4 Å². The van der Waals surface area contributed by atoms with Gasteiger partial charge in [0.25, 0.3) is 0 Å². The summed E-state index contributed by atoms with van der Waals surface area (Å²) in [6.45, 7) is 4.41. The topological polar surface area (TPSA) is 0 Å². The van der Waals surface area contributed by atoms with Crippen LogP contribution in [0.4, 0.5) is 0 Å². The highest BCUT2D eigenvalue weighted by Gasteiger charge is 1.81. The third-order valence-electron chi connectivity index (χ3n) is 1.47. The van der Waals surface area contributed by atoms with Gasteiger partial charge in [-0.2, -0.15) is 0 Å². The summed E-state index contributed by atoms with van der Waals surface area (Å²) in [5.41, 5.74) is 0. The smallest absolute Gasteiger partial charge is 0.00313 e. The molecule has 0 aromatic heterocycles. The van der Waals surface area contributed by atoms with Gasteiger partial charge in [0.1, 0.15) is 0 Å². The minimum absolute atomic E-state index is 1.16. The van der Waals surface area contributed by atoms with Crippen LogP contribution in [-0.4, -0.2) is 10.7 Å². The van der Waals surface area contributed by atoms with Crippen LogP contribution in [0.1, 0.15) is 52.4 Å². The summed E-state index contributed by atoms with van der Waals surface area (Å²) < 4.78 is 0. The van der Waals surface area contributed by atoms with E-state index in [1.807, 2.05) is 0 Å². The molecule has 0 saturated carbocycles. The van der Waals surface area contributed by atoms with Crippen molar-refractivity contribution in [3.63, 3.8) is 0 Å². The number of rotatable bonds is 6. The van der Waals surface area contributed by atoms with Gasteiger partial charge in [-0.15, -0.1) is 0 Å². The van der Waals surface area contributed by atoms with Crippen LogP contribution in [0.5, 0.6) is 0 Å². The van der Waals surface area contributed by atoms with Crippen LogP contribution >= 0.6 is 31.9 Å². The lowest BCUT2D eigenvalue weighted by atomic mass is 10.2. The molecule has 0 unspecified atom stereocenters. The van der Waals surface area contributed by atoms with Crippen molar-refractivity contribution in [1.82, 2.24) is 0 Å². The molecule has 0 rings (SSSR count). The molecule has 12 heavy (non-hydrogen) atoms. The highest BCUT2D eigenvalue weighted by Crippen LogP contribution is 1.99. The van der Waals surface area contributed by atoms with Crippen molar-refractivity contribution in [2.75, 3.05) is 10.7 Å². The van der Waals surface area contributed by atoms with Gasteiger partial charge in [0.05, 0.1) is 0 Å². The van der Waals surface area contributed by atoms with Crippen molar-refractivity contribution < 1.29 is 0 Å². The Balaban J connectivity index is 0. The van der Waals surface area contributed by atoms with Crippen molar-refractivity contribution in [3.8, 4) is 0 Å². The molecule has 0 aliphatic rings. The van der Waals surface area contributed by atoms with E-state index in [0.29, 0.717) is 0 Å². The van der Waals surface area contributed by atoms with Gasteiger partial charge in [-0.3, -0.25) is 0 Å². The van der Waals surface area contributed by atoms with E-state index in [0.717, 1.165) is 5.33 Å². The van der Waals surface area contributed by atoms with Crippen LogP contribution in [0.15, 0.2) is 0 Å². The van der Waals surface area contributed by atoms with Gasteiger partial charge in [-0.1, -0.05) is 71.4 Å². The summed E-state index contributed by atoms with van der Waals surface area (Å²) in [5.74, 6) is 0. The molecule has 0 radical (unpaired) electrons. The molecule has 76 valence electrons. The van der Waals surface area contributed by atoms with Gasteiger partial charge in [0, 0.05) is 10.7 Å². The van der Waals surface area contributed by atoms with Gasteiger partial charge in [-0.05, 0) is 12.8 Å². The van der Waals surface area contributed by atoms with Crippen LogP contribution in [0, 0.1) is 0 Å². The van der Waals surface area contributed by atoms with E-state index < -0.39 is 0 Å². The Morgan fingerprint density at radius 3 is 1.42 bits per heavy atom. The average molecular weight is 302 g/mol. The van der Waals surface area contributed by atoms with Crippen molar-refractivity contribution in [3.05, 3.63) is 0 Å². The fraction of sp³-hybridized carbons (Fsp3) is 1.00. The van der Waals surface area contributed by atoms with Crippen LogP contribution < -0.4 is 0 Å². The second-order valence-corrected chi connectivity index (χ2v) is 4.38. The molecule has 0 atom stereocenters. The first kappa shape index (κ1) is 15.4. The van der Waals surface area contributed by atoms with E-state index in [1.54, 1.807) is 0 Å². The van der Waals surface area contributed by atoms with Gasteiger partial charge in [0.15, 0.2) is 0 Å². The molecule has 0 bridgehead atoms. The van der Waals surface area contributed by atoms with E-state index >= 15 is 0 Å². The monoisotopic (exact) mass is 300 g/mol. The van der Waals surface area contributed by atoms with E-state index in [9.17, 15) is 0 Å². The average Bonchev–Trinajstić information content (AvgIpc) is 2.08. The maximum atomic E-state index is 3.38. The zero-order valence-corrected chi connectivity index (χ0v) is 11.6. The van der Waals surface area contributed by atoms with E-state index in [2.05, 4.69) is 45.7 Å². The summed E-state index contributed by atoms with van der Waals surface area (Å²) in [6.07, 6.45) is 8.07. The Labute approximate surface area is 94.8 Å². The molecule has 0 fully saturated rings. The predicted molar refractivity (Wildman–Crippen MR) is 66.6 cm³/mol. The zero-order valence-electron chi connectivity index (χ0n) is 8.41. The van der Waals surface area contributed by atoms with E-state index in [4.69, 9.17) is 0 Å². The molecular weight excluding hydrogens is 280 g/mol. The Bertz CT molecular complexity index is 49.8. The molecule has 0 saturated heterocycles. The van der Waals surface area contributed by atoms with Crippen LogP contribution in [-0.2, 0) is 0 Å². The van der Waals surface area contributed by atoms with Crippen molar-refractivity contribution >= 4 is 31.9 Å². The molecular formula is C10H22Br2. The first-order chi connectivity index (χ1) is 5.83. The molecule has 0 aromatic rings. The number of halogens is 2. The van der Waals surface area contributed by atoms with Crippen molar-refractivity contribution in [2.24, 2.45) is 0 Å². The largest absolute Gasteiger partial charge is 0.0928 e. The highest BCUT2D eigenvalue weighted by molar-refractivity contribution is 9.09. The second kappa shape index (κ2) is 17.9. The lowest BCUT2D eigenvalue weighted by molar-refractivity contribution is 0.708. The minimum Gasteiger partial charge on any atom is -0.0928 e. The molecule has 0 spiro atoms. The van der Waals surface area contributed by atoms with Gasteiger partial charge in [0.2, 0.25) is 0 Å². The Kier molecular flexibility index (Phi) is 23.0. The van der Waals surface area contributed by atoms with Gasteiger partial charge >= 0.3 is 0 Å². The maximum Gasteiger partial charge on any atom is 0.00313 e. The molecule has 2 heteroatoms. The molecule has 0 aliphatic carbocycles. The molecule has 0 aromatic carbocycles. The standard InChI is InChI=1S/C6H13Br.C4H9Br/c1-2-3-4-5-6-7;1-2-3-4-5/h2-6H2,1H3;2-4H2,1H3. The number of unbranched alkanes of at least 4 members (excludes halogenated alkanes) is 4.